The Bertz CT molecular complexity index is 1730. The third-order valence-electron chi connectivity index (χ3n) is 8.86. The largest absolute Gasteiger partial charge is 0.506 e. The predicted molar refractivity (Wildman–Crippen MR) is 186 cm³/mol. The highest BCUT2D eigenvalue weighted by Gasteiger charge is 2.41. The zero-order chi connectivity index (χ0) is 32.5. The van der Waals surface area contributed by atoms with Crippen molar-refractivity contribution >= 4 is 50.6 Å². The van der Waals surface area contributed by atoms with E-state index in [1.807, 2.05) is 16.4 Å². The van der Waals surface area contributed by atoms with Gasteiger partial charge in [-0.1, -0.05) is 49.9 Å². The topological polar surface area (TPSA) is 118 Å². The van der Waals surface area contributed by atoms with Crippen molar-refractivity contribution in [2.75, 3.05) is 45.9 Å². The molecule has 0 radical (unpaired) electrons. The molecule has 1 atom stereocenters. The number of morpholine rings is 1. The number of aromatic amines is 1. The Labute approximate surface area is 281 Å². The molecule has 1 spiro atoms. The maximum Gasteiger partial charge on any atom is 0.305 e. The molecule has 3 aliphatic rings. The van der Waals surface area contributed by atoms with Gasteiger partial charge in [-0.2, -0.15) is 0 Å². The number of carbonyl (C=O) groups is 1. The van der Waals surface area contributed by atoms with Crippen LogP contribution in [-0.4, -0.2) is 82.4 Å². The number of aliphatic hydroxyl groups is 1. The number of fused-ring (bicyclic) bond motifs is 1. The highest BCUT2D eigenvalue weighted by molar-refractivity contribution is 8.05. The van der Waals surface area contributed by atoms with Gasteiger partial charge in [0, 0.05) is 53.5 Å². The molecule has 3 aromatic rings. The molecule has 6 rings (SSSR count). The van der Waals surface area contributed by atoms with Gasteiger partial charge in [0.15, 0.2) is 0 Å². The van der Waals surface area contributed by atoms with Crippen LogP contribution in [0.5, 0.6) is 5.75 Å². The summed E-state index contributed by atoms with van der Waals surface area (Å²) >= 11 is 4.38. The summed E-state index contributed by atoms with van der Waals surface area (Å²) in [7, 11) is 0. The average molecular weight is 683 g/mol. The molecule has 2 aromatic heterocycles. The van der Waals surface area contributed by atoms with E-state index in [0.29, 0.717) is 47.6 Å². The maximum atomic E-state index is 13.4. The zero-order valence-electron chi connectivity index (χ0n) is 26.6. The van der Waals surface area contributed by atoms with E-state index in [2.05, 4.69) is 53.1 Å². The molecule has 9 nitrogen and oxygen atoms in total. The zero-order valence-corrected chi connectivity index (χ0v) is 29.0. The van der Waals surface area contributed by atoms with Crippen LogP contribution < -0.4 is 10.2 Å². The molecule has 246 valence electrons. The number of aromatic hydroxyl groups is 1. The molecule has 0 unspecified atom stereocenters. The number of nitrogens with one attached hydrogen (secondary N) is 2. The number of phenolic OH excluding ortho intramolecular Hbond substituents is 1. The number of hydrogen-bond acceptors (Lipinski definition) is 10. The fraction of sp³-hybridized carbons (Fsp3) is 0.500. The summed E-state index contributed by atoms with van der Waals surface area (Å²) in [6.45, 7) is 12.2. The molecule has 3 aliphatic heterocycles. The van der Waals surface area contributed by atoms with E-state index in [-0.39, 0.29) is 27.5 Å². The summed E-state index contributed by atoms with van der Waals surface area (Å²) in [6, 6.07) is 5.45. The van der Waals surface area contributed by atoms with Crippen LogP contribution in [-0.2, 0) is 22.5 Å². The second kappa shape index (κ2) is 13.8. The first-order valence-electron chi connectivity index (χ1n) is 15.8. The lowest BCUT2D eigenvalue weighted by Gasteiger charge is -2.47. The van der Waals surface area contributed by atoms with E-state index in [1.165, 1.54) is 16.5 Å². The van der Waals surface area contributed by atoms with Gasteiger partial charge in [0.05, 0.1) is 35.1 Å². The van der Waals surface area contributed by atoms with Crippen LogP contribution in [0.3, 0.4) is 0 Å². The number of amides is 1. The van der Waals surface area contributed by atoms with Gasteiger partial charge in [-0.3, -0.25) is 14.5 Å². The van der Waals surface area contributed by atoms with Crippen LogP contribution >= 0.6 is 34.4 Å². The normalized spacial score (nSPS) is 19.4. The van der Waals surface area contributed by atoms with Gasteiger partial charge in [0.2, 0.25) is 0 Å². The quantitative estimate of drug-likeness (QED) is 0.181. The van der Waals surface area contributed by atoms with E-state index in [4.69, 9.17) is 4.74 Å². The number of phenols is 1. The lowest BCUT2D eigenvalue weighted by molar-refractivity contribution is -0.156. The summed E-state index contributed by atoms with van der Waals surface area (Å²) in [4.78, 5) is 34.4. The summed E-state index contributed by atoms with van der Waals surface area (Å²) in [5.74, 6) is 0.0813. The van der Waals surface area contributed by atoms with Gasteiger partial charge in [-0.25, -0.2) is 0 Å². The monoisotopic (exact) mass is 682 g/mol. The summed E-state index contributed by atoms with van der Waals surface area (Å²) in [6.07, 6.45) is 3.73. The maximum absolute atomic E-state index is 13.4. The molecule has 1 amide bonds. The molecule has 12 heteroatoms. The molecule has 2 saturated heterocycles. The van der Waals surface area contributed by atoms with Crippen molar-refractivity contribution in [3.8, 4) is 5.75 Å². The summed E-state index contributed by atoms with van der Waals surface area (Å²) in [5, 5.41) is 28.2. The standard InChI is InChI=1S/C34H42N4O5S3/c1-33(2,3)28-7-4-23(20-45-28)31(41)38-14-15-43-34(21-38)9-12-37(13-10-34)18-24-16-22(19-44-24)8-11-35-17-27(40)25-5-6-26(39)29-30(25)46-32(42)36-29/h4-6,16,19-20,27,35,39-40H,8-15,17-18,21H2,1-3H3,(H,36,42)/t27-/m0/s1. The van der Waals surface area contributed by atoms with Crippen LogP contribution in [0.4, 0.5) is 0 Å². The van der Waals surface area contributed by atoms with Gasteiger partial charge in [0.25, 0.3) is 5.91 Å². The minimum Gasteiger partial charge on any atom is -0.506 e. The first-order valence-corrected chi connectivity index (χ1v) is 18.4. The lowest BCUT2D eigenvalue weighted by atomic mass is 9.89. The van der Waals surface area contributed by atoms with E-state index in [0.717, 1.165) is 61.7 Å². The van der Waals surface area contributed by atoms with Crippen LogP contribution in [0.15, 0.2) is 56.1 Å². The number of thioether (sulfide) groups is 1. The van der Waals surface area contributed by atoms with Gasteiger partial charge >= 0.3 is 4.87 Å². The molecule has 2 fully saturated rings. The molecule has 0 bridgehead atoms. The Morgan fingerprint density at radius 3 is 2.78 bits per heavy atom. The number of ether oxygens (including phenoxy) is 1. The number of hydrogen-bond donors (Lipinski definition) is 4. The molecular weight excluding hydrogens is 641 g/mol. The van der Waals surface area contributed by atoms with Crippen molar-refractivity contribution in [3.05, 3.63) is 76.9 Å². The number of aliphatic hydroxyl groups excluding tert-OH is 1. The second-order valence-corrected chi connectivity index (χ2v) is 16.2. The minimum absolute atomic E-state index is 0.00735. The van der Waals surface area contributed by atoms with Crippen molar-refractivity contribution in [1.82, 2.24) is 20.1 Å². The molecule has 0 saturated carbocycles. The predicted octanol–water partition coefficient (Wildman–Crippen LogP) is 5.13. The number of likely N-dealkylation sites (tertiary alicyclic amines) is 1. The fourth-order valence-corrected chi connectivity index (χ4v) is 8.98. The number of thiophene rings is 1. The first kappa shape index (κ1) is 33.2. The van der Waals surface area contributed by atoms with Crippen LogP contribution in [0.25, 0.3) is 10.2 Å². The number of nitrogens with zero attached hydrogens (tertiary/aromatic N) is 2. The highest BCUT2D eigenvalue weighted by atomic mass is 32.2. The lowest BCUT2D eigenvalue weighted by Crippen LogP contribution is -2.58. The molecule has 4 N–H and O–H groups in total. The summed E-state index contributed by atoms with van der Waals surface area (Å²) in [5.41, 5.74) is 6.07. The SMILES string of the molecule is CC(C)(C)C1=C=CC(C(=O)N2CCOC3(CCN(Cc4cc(CCNC[C@H](O)c5ccc(O)c6[nH]c(=O)sc56)cs4)CC3)C2)=CS1. The molecule has 5 heterocycles. The van der Waals surface area contributed by atoms with Crippen LogP contribution in [0, 0.1) is 5.41 Å². The third kappa shape index (κ3) is 7.55. The number of benzene rings is 1. The molecule has 46 heavy (non-hydrogen) atoms. The number of thiazole rings is 1. The number of aromatic nitrogens is 1. The third-order valence-corrected chi connectivity index (χ3v) is 12.1. The number of rotatable bonds is 9. The van der Waals surface area contributed by atoms with Crippen molar-refractivity contribution in [2.45, 2.75) is 58.3 Å². The molecular formula is C34H42N4O5S3. The van der Waals surface area contributed by atoms with Gasteiger partial charge < -0.3 is 30.2 Å². The Hall–Kier alpha value is -2.67. The first-order chi connectivity index (χ1) is 22.0. The number of H-pyrrole nitrogens is 1. The smallest absolute Gasteiger partial charge is 0.305 e. The van der Waals surface area contributed by atoms with Crippen molar-refractivity contribution in [1.29, 1.82) is 0 Å². The van der Waals surface area contributed by atoms with E-state index >= 15 is 0 Å². The van der Waals surface area contributed by atoms with E-state index in [1.54, 1.807) is 29.2 Å². The van der Waals surface area contributed by atoms with Crippen LogP contribution in [0.2, 0.25) is 0 Å². The Balaban J connectivity index is 0.945. The van der Waals surface area contributed by atoms with E-state index in [9.17, 15) is 19.8 Å². The Morgan fingerprint density at radius 1 is 1.24 bits per heavy atom. The van der Waals surface area contributed by atoms with Crippen molar-refractivity contribution in [2.24, 2.45) is 5.41 Å². The van der Waals surface area contributed by atoms with Crippen molar-refractivity contribution in [3.63, 3.8) is 0 Å². The van der Waals surface area contributed by atoms with Crippen LogP contribution in [0.1, 0.15) is 55.7 Å². The van der Waals surface area contributed by atoms with Crippen molar-refractivity contribution < 1.29 is 19.7 Å². The van der Waals surface area contributed by atoms with E-state index < -0.39 is 6.10 Å². The Morgan fingerprint density at radius 2 is 2.04 bits per heavy atom. The Kier molecular flexibility index (Phi) is 9.99. The number of piperidine rings is 1. The minimum atomic E-state index is -0.785. The summed E-state index contributed by atoms with van der Waals surface area (Å²) < 4.78 is 6.93. The average Bonchev–Trinajstić information content (AvgIpc) is 3.66. The molecule has 1 aromatic carbocycles. The second-order valence-electron chi connectivity index (χ2n) is 13.4. The highest BCUT2D eigenvalue weighted by Crippen LogP contribution is 2.38. The molecule has 0 aliphatic carbocycles. The fourth-order valence-electron chi connectivity index (χ4n) is 6.20. The van der Waals surface area contributed by atoms with Gasteiger partial charge in [-0.15, -0.1) is 17.1 Å². The number of carbonyl (C=O) groups excluding carboxylic acids is 1. The van der Waals surface area contributed by atoms with Gasteiger partial charge in [-0.05, 0) is 60.4 Å². The van der Waals surface area contributed by atoms with Gasteiger partial charge in [0.1, 0.15) is 11.3 Å².